The van der Waals surface area contributed by atoms with Gasteiger partial charge in [0.05, 0.1) is 6.54 Å². The maximum absolute atomic E-state index is 11.6. The van der Waals surface area contributed by atoms with E-state index in [0.29, 0.717) is 19.5 Å². The van der Waals surface area contributed by atoms with Gasteiger partial charge in [0.25, 0.3) is 0 Å². The number of rotatable bonds is 9. The average molecular weight is 241 g/mol. The van der Waals surface area contributed by atoms with Crippen molar-refractivity contribution in [1.29, 1.82) is 0 Å². The third-order valence-electron chi connectivity index (χ3n) is 2.40. The number of carbonyl (C=O) groups is 2. The van der Waals surface area contributed by atoms with Crippen LogP contribution >= 0.6 is 0 Å². The van der Waals surface area contributed by atoms with Gasteiger partial charge in [0.2, 0.25) is 5.91 Å². The van der Waals surface area contributed by atoms with Gasteiger partial charge in [-0.2, -0.15) is 0 Å². The normalized spacial score (nSPS) is 11.9. The molecule has 0 spiro atoms. The van der Waals surface area contributed by atoms with E-state index in [1.54, 1.807) is 0 Å². The summed E-state index contributed by atoms with van der Waals surface area (Å²) < 4.78 is 0. The van der Waals surface area contributed by atoms with Gasteiger partial charge in [-0.1, -0.05) is 12.2 Å². The molecule has 0 saturated heterocycles. The minimum absolute atomic E-state index is 0.0439. The molecule has 0 aromatic rings. The lowest BCUT2D eigenvalue weighted by Gasteiger charge is -2.18. The highest BCUT2D eigenvalue weighted by molar-refractivity contribution is 5.84. The summed E-state index contributed by atoms with van der Waals surface area (Å²) in [5.74, 6) is -0.0744. The molecule has 0 rings (SSSR count). The molecular formula is C12H23N3O2. The van der Waals surface area contributed by atoms with Crippen molar-refractivity contribution in [1.82, 2.24) is 16.0 Å². The van der Waals surface area contributed by atoms with Gasteiger partial charge in [0, 0.05) is 25.4 Å². The zero-order chi connectivity index (χ0) is 13.3. The van der Waals surface area contributed by atoms with Gasteiger partial charge in [-0.05, 0) is 21.0 Å². The van der Waals surface area contributed by atoms with Crippen molar-refractivity contribution in [3.05, 3.63) is 12.2 Å². The number of carbonyl (C=O) groups excluding carboxylic acids is 2. The van der Waals surface area contributed by atoms with E-state index in [-0.39, 0.29) is 24.2 Å². The van der Waals surface area contributed by atoms with Gasteiger partial charge in [0.15, 0.2) is 0 Å². The van der Waals surface area contributed by atoms with Gasteiger partial charge in [-0.15, -0.1) is 0 Å². The molecule has 0 fully saturated rings. The lowest BCUT2D eigenvalue weighted by Crippen LogP contribution is -2.33. The van der Waals surface area contributed by atoms with E-state index in [9.17, 15) is 9.59 Å². The molecule has 1 unspecified atom stereocenters. The Bertz CT molecular complexity index is 277. The first kappa shape index (κ1) is 15.8. The molecule has 5 nitrogen and oxygen atoms in total. The molecule has 5 heteroatoms. The van der Waals surface area contributed by atoms with Crippen LogP contribution in [0.4, 0.5) is 0 Å². The van der Waals surface area contributed by atoms with Crippen LogP contribution in [0.25, 0.3) is 0 Å². The number of ketones is 1. The fraction of sp³-hybridized carbons (Fsp3) is 0.667. The summed E-state index contributed by atoms with van der Waals surface area (Å²) in [5, 5.41) is 8.65. The Balaban J connectivity index is 4.18. The summed E-state index contributed by atoms with van der Waals surface area (Å²) in [6.07, 6.45) is 0.356. The lowest BCUT2D eigenvalue weighted by molar-refractivity contribution is -0.124. The van der Waals surface area contributed by atoms with E-state index in [2.05, 4.69) is 22.5 Å². The minimum atomic E-state index is -0.113. The van der Waals surface area contributed by atoms with E-state index >= 15 is 0 Å². The van der Waals surface area contributed by atoms with Crippen molar-refractivity contribution in [2.24, 2.45) is 5.92 Å². The van der Waals surface area contributed by atoms with Crippen molar-refractivity contribution in [3.63, 3.8) is 0 Å². The van der Waals surface area contributed by atoms with Crippen LogP contribution in [0.1, 0.15) is 13.3 Å². The quantitative estimate of drug-likeness (QED) is 0.484. The van der Waals surface area contributed by atoms with Crippen LogP contribution in [-0.2, 0) is 9.59 Å². The molecule has 0 radical (unpaired) electrons. The van der Waals surface area contributed by atoms with E-state index in [1.165, 1.54) is 6.92 Å². The number of nitrogens with one attached hydrogen (secondary N) is 3. The Morgan fingerprint density at radius 1 is 1.18 bits per heavy atom. The fourth-order valence-corrected chi connectivity index (χ4v) is 1.50. The van der Waals surface area contributed by atoms with E-state index in [0.717, 1.165) is 5.57 Å². The van der Waals surface area contributed by atoms with Crippen LogP contribution < -0.4 is 16.0 Å². The first-order chi connectivity index (χ1) is 8.01. The van der Waals surface area contributed by atoms with E-state index in [1.807, 2.05) is 14.1 Å². The first-order valence-corrected chi connectivity index (χ1v) is 5.74. The Morgan fingerprint density at radius 3 is 2.29 bits per heavy atom. The molecule has 0 aliphatic heterocycles. The average Bonchev–Trinajstić information content (AvgIpc) is 2.26. The van der Waals surface area contributed by atoms with Crippen LogP contribution in [-0.4, -0.2) is 45.4 Å². The highest BCUT2D eigenvalue weighted by atomic mass is 16.2. The summed E-state index contributed by atoms with van der Waals surface area (Å²) >= 11 is 0. The Hall–Kier alpha value is -1.20. The minimum Gasteiger partial charge on any atom is -0.349 e. The highest BCUT2D eigenvalue weighted by Gasteiger charge is 2.16. The largest absolute Gasteiger partial charge is 0.349 e. The number of hydrogen-bond acceptors (Lipinski definition) is 4. The molecule has 0 aromatic heterocycles. The van der Waals surface area contributed by atoms with Crippen molar-refractivity contribution >= 4 is 11.7 Å². The monoisotopic (exact) mass is 241 g/mol. The second-order valence-electron chi connectivity index (χ2n) is 4.13. The summed E-state index contributed by atoms with van der Waals surface area (Å²) in [5.41, 5.74) is 0.986. The van der Waals surface area contributed by atoms with Crippen LogP contribution in [0.3, 0.4) is 0 Å². The molecule has 1 amide bonds. The molecule has 98 valence electrons. The van der Waals surface area contributed by atoms with Crippen molar-refractivity contribution in [2.75, 3.05) is 33.7 Å². The standard InChI is InChI=1S/C12H23N3O2/c1-9(6-13-3)11(8-14-4)5-12(17)15-7-10(2)16/h11,13-14H,1,5-8H2,2-4H3,(H,15,17). The molecule has 3 N–H and O–H groups in total. The topological polar surface area (TPSA) is 70.2 Å². The fourth-order valence-electron chi connectivity index (χ4n) is 1.50. The van der Waals surface area contributed by atoms with Crippen LogP contribution in [0, 0.1) is 5.92 Å². The summed E-state index contributed by atoms with van der Waals surface area (Å²) in [7, 11) is 3.69. The van der Waals surface area contributed by atoms with E-state index in [4.69, 9.17) is 0 Å². The molecular weight excluding hydrogens is 218 g/mol. The summed E-state index contributed by atoms with van der Waals surface area (Å²) in [6.45, 7) is 6.90. The highest BCUT2D eigenvalue weighted by Crippen LogP contribution is 2.11. The number of amides is 1. The van der Waals surface area contributed by atoms with Crippen molar-refractivity contribution in [2.45, 2.75) is 13.3 Å². The second-order valence-corrected chi connectivity index (χ2v) is 4.13. The zero-order valence-corrected chi connectivity index (χ0v) is 10.9. The molecule has 0 aliphatic carbocycles. The Labute approximate surface area is 103 Å². The molecule has 17 heavy (non-hydrogen) atoms. The first-order valence-electron chi connectivity index (χ1n) is 5.74. The SMILES string of the molecule is C=C(CNC)C(CNC)CC(=O)NCC(C)=O. The van der Waals surface area contributed by atoms with Crippen LogP contribution in [0.5, 0.6) is 0 Å². The third-order valence-corrected chi connectivity index (χ3v) is 2.40. The zero-order valence-electron chi connectivity index (χ0n) is 10.9. The predicted octanol–water partition coefficient (Wildman–Crippen LogP) is -0.307. The van der Waals surface area contributed by atoms with Gasteiger partial charge in [0.1, 0.15) is 5.78 Å². The van der Waals surface area contributed by atoms with Gasteiger partial charge in [-0.25, -0.2) is 0 Å². The number of likely N-dealkylation sites (N-methyl/N-ethyl adjacent to an activating group) is 1. The molecule has 1 atom stereocenters. The number of hydrogen-bond donors (Lipinski definition) is 3. The maximum Gasteiger partial charge on any atom is 0.221 e. The predicted molar refractivity (Wildman–Crippen MR) is 68.8 cm³/mol. The van der Waals surface area contributed by atoms with E-state index < -0.39 is 0 Å². The van der Waals surface area contributed by atoms with Gasteiger partial charge in [-0.3, -0.25) is 9.59 Å². The third kappa shape index (κ3) is 7.65. The Kier molecular flexibility index (Phi) is 8.27. The summed E-state index contributed by atoms with van der Waals surface area (Å²) in [4.78, 5) is 22.3. The van der Waals surface area contributed by atoms with Crippen molar-refractivity contribution in [3.8, 4) is 0 Å². The summed E-state index contributed by atoms with van der Waals surface area (Å²) in [6, 6.07) is 0. The maximum atomic E-state index is 11.6. The smallest absolute Gasteiger partial charge is 0.221 e. The molecule has 0 heterocycles. The molecule has 0 bridgehead atoms. The van der Waals surface area contributed by atoms with Crippen molar-refractivity contribution < 1.29 is 9.59 Å². The van der Waals surface area contributed by atoms with Gasteiger partial charge < -0.3 is 16.0 Å². The molecule has 0 aromatic carbocycles. The number of Topliss-reactive ketones (excluding diaryl/α,β-unsaturated/α-hetero) is 1. The molecule has 0 saturated carbocycles. The second kappa shape index (κ2) is 8.90. The molecule has 0 aliphatic rings. The Morgan fingerprint density at radius 2 is 1.82 bits per heavy atom. The lowest BCUT2D eigenvalue weighted by atomic mass is 9.96. The van der Waals surface area contributed by atoms with Gasteiger partial charge >= 0.3 is 0 Å². The van der Waals surface area contributed by atoms with Crippen LogP contribution in [0.15, 0.2) is 12.2 Å². The van der Waals surface area contributed by atoms with Crippen LogP contribution in [0.2, 0.25) is 0 Å².